The minimum Gasteiger partial charge on any atom is -0.434 e. The average molecular weight is 197 g/mol. The highest BCUT2D eigenvalue weighted by atomic mass is 16.7. The summed E-state index contributed by atoms with van der Waals surface area (Å²) < 4.78 is 9.29. The molecule has 76 valence electrons. The summed E-state index contributed by atoms with van der Waals surface area (Å²) in [5.74, 6) is 0.735. The van der Waals surface area contributed by atoms with Gasteiger partial charge in [-0.05, 0) is 13.8 Å². The van der Waals surface area contributed by atoms with Gasteiger partial charge in [0.05, 0.1) is 12.8 Å². The summed E-state index contributed by atoms with van der Waals surface area (Å²) in [4.78, 5) is 18.5. The minimum absolute atomic E-state index is 0.106. The number of aryl methyl sites for hydroxylation is 1. The second kappa shape index (κ2) is 4.40. The highest BCUT2D eigenvalue weighted by Crippen LogP contribution is 2.17. The third-order valence-corrected chi connectivity index (χ3v) is 1.36. The zero-order chi connectivity index (χ0) is 10.6. The fraction of sp³-hybridized carbons (Fsp3) is 0.375. The number of nitrogens with two attached hydrogens (primary N) is 1. The number of aromatic nitrogens is 2. The molecule has 0 amide bonds. The van der Waals surface area contributed by atoms with Crippen LogP contribution in [0.15, 0.2) is 6.20 Å². The van der Waals surface area contributed by atoms with Gasteiger partial charge in [0.2, 0.25) is 0 Å². The first-order valence-electron chi connectivity index (χ1n) is 4.07. The molecule has 0 bridgehead atoms. The first kappa shape index (κ1) is 10.2. The molecule has 6 heteroatoms. The summed E-state index contributed by atoms with van der Waals surface area (Å²) in [7, 11) is 0. The number of anilines is 1. The van der Waals surface area contributed by atoms with Gasteiger partial charge in [0.1, 0.15) is 5.82 Å². The van der Waals surface area contributed by atoms with Gasteiger partial charge < -0.3 is 15.2 Å². The lowest BCUT2D eigenvalue weighted by Crippen LogP contribution is -2.12. The smallest absolute Gasteiger partial charge is 0.434 e. The molecule has 1 aromatic rings. The number of ether oxygens (including phenoxy) is 2. The number of nitrogens with zero attached hydrogens (tertiary/aromatic N) is 2. The highest BCUT2D eigenvalue weighted by Gasteiger charge is 2.09. The van der Waals surface area contributed by atoms with Crippen LogP contribution in [0.2, 0.25) is 0 Å². The Morgan fingerprint density at radius 1 is 1.64 bits per heavy atom. The zero-order valence-electron chi connectivity index (χ0n) is 7.98. The molecule has 1 heterocycles. The zero-order valence-corrected chi connectivity index (χ0v) is 7.98. The van der Waals surface area contributed by atoms with Gasteiger partial charge in [0.15, 0.2) is 11.6 Å². The molecule has 6 nitrogen and oxygen atoms in total. The lowest BCUT2D eigenvalue weighted by molar-refractivity contribution is 0.104. The predicted molar refractivity (Wildman–Crippen MR) is 48.8 cm³/mol. The first-order chi connectivity index (χ1) is 6.63. The molecule has 0 aliphatic carbocycles. The molecule has 0 fully saturated rings. The average Bonchev–Trinajstić information content (AvgIpc) is 2.10. The Balaban J connectivity index is 2.72. The van der Waals surface area contributed by atoms with Gasteiger partial charge in [0.25, 0.3) is 0 Å². The topological polar surface area (TPSA) is 87.3 Å². The highest BCUT2D eigenvalue weighted by molar-refractivity contribution is 5.66. The van der Waals surface area contributed by atoms with E-state index in [-0.39, 0.29) is 18.2 Å². The number of carbonyl (C=O) groups excluding carboxylic acids is 1. The molecular weight excluding hydrogens is 186 g/mol. The Bertz CT molecular complexity index is 341. The molecule has 0 aromatic carbocycles. The minimum atomic E-state index is -0.813. The molecule has 0 aliphatic heterocycles. The van der Waals surface area contributed by atoms with E-state index in [4.69, 9.17) is 10.5 Å². The van der Waals surface area contributed by atoms with Crippen molar-refractivity contribution in [1.82, 2.24) is 9.97 Å². The second-order valence-electron chi connectivity index (χ2n) is 2.45. The van der Waals surface area contributed by atoms with E-state index in [2.05, 4.69) is 14.7 Å². The van der Waals surface area contributed by atoms with Crippen molar-refractivity contribution in [1.29, 1.82) is 0 Å². The Labute approximate surface area is 81.1 Å². The van der Waals surface area contributed by atoms with Crippen molar-refractivity contribution in [3.63, 3.8) is 0 Å². The molecule has 0 saturated carbocycles. The maximum Gasteiger partial charge on any atom is 0.514 e. The van der Waals surface area contributed by atoms with Crippen LogP contribution in [0.4, 0.5) is 10.6 Å². The standard InChI is InChI=1S/C8H11N3O3/c1-3-13-8(12)14-6-4-10-5(2)11-7(6)9/h4H,3H2,1-2H3,(H2,9,10,11). The summed E-state index contributed by atoms with van der Waals surface area (Å²) in [6.07, 6.45) is 0.515. The largest absolute Gasteiger partial charge is 0.514 e. The summed E-state index contributed by atoms with van der Waals surface area (Å²) >= 11 is 0. The Hall–Kier alpha value is -1.85. The molecule has 0 saturated heterocycles. The number of hydrogen-bond acceptors (Lipinski definition) is 6. The molecule has 0 radical (unpaired) electrons. The van der Waals surface area contributed by atoms with Crippen molar-refractivity contribution in [3.05, 3.63) is 12.0 Å². The van der Waals surface area contributed by atoms with E-state index in [9.17, 15) is 4.79 Å². The van der Waals surface area contributed by atoms with E-state index in [1.807, 2.05) is 0 Å². The maximum absolute atomic E-state index is 10.9. The lowest BCUT2D eigenvalue weighted by Gasteiger charge is -2.05. The molecule has 0 unspecified atom stereocenters. The van der Waals surface area contributed by atoms with Crippen LogP contribution in [-0.4, -0.2) is 22.7 Å². The summed E-state index contributed by atoms with van der Waals surface area (Å²) in [5, 5.41) is 0. The van der Waals surface area contributed by atoms with Crippen LogP contribution in [0.3, 0.4) is 0 Å². The van der Waals surface area contributed by atoms with Crippen molar-refractivity contribution in [2.24, 2.45) is 0 Å². The van der Waals surface area contributed by atoms with Gasteiger partial charge in [-0.2, -0.15) is 0 Å². The van der Waals surface area contributed by atoms with Crippen molar-refractivity contribution >= 4 is 12.0 Å². The fourth-order valence-corrected chi connectivity index (χ4v) is 0.792. The van der Waals surface area contributed by atoms with Gasteiger partial charge in [-0.1, -0.05) is 0 Å². The lowest BCUT2D eigenvalue weighted by atomic mass is 10.5. The molecular formula is C8H11N3O3. The van der Waals surface area contributed by atoms with Gasteiger partial charge in [-0.15, -0.1) is 0 Å². The molecule has 0 spiro atoms. The monoisotopic (exact) mass is 197 g/mol. The first-order valence-corrected chi connectivity index (χ1v) is 4.07. The van der Waals surface area contributed by atoms with Gasteiger partial charge in [-0.3, -0.25) is 0 Å². The summed E-state index contributed by atoms with van der Waals surface area (Å²) in [6, 6.07) is 0. The van der Waals surface area contributed by atoms with Crippen LogP contribution >= 0.6 is 0 Å². The van der Waals surface area contributed by atoms with E-state index in [0.717, 1.165) is 0 Å². The summed E-state index contributed by atoms with van der Waals surface area (Å²) in [5.41, 5.74) is 5.48. The van der Waals surface area contributed by atoms with Crippen molar-refractivity contribution < 1.29 is 14.3 Å². The molecule has 14 heavy (non-hydrogen) atoms. The van der Waals surface area contributed by atoms with Crippen LogP contribution in [0, 0.1) is 6.92 Å². The molecule has 2 N–H and O–H groups in total. The Kier molecular flexibility index (Phi) is 3.22. The Morgan fingerprint density at radius 3 is 2.93 bits per heavy atom. The van der Waals surface area contributed by atoms with Crippen molar-refractivity contribution in [3.8, 4) is 5.75 Å². The van der Waals surface area contributed by atoms with E-state index in [1.165, 1.54) is 6.20 Å². The molecule has 1 aromatic heterocycles. The normalized spacial score (nSPS) is 9.57. The second-order valence-corrected chi connectivity index (χ2v) is 2.45. The SMILES string of the molecule is CCOC(=O)Oc1cnc(C)nc1N. The van der Waals surface area contributed by atoms with E-state index in [1.54, 1.807) is 13.8 Å². The van der Waals surface area contributed by atoms with E-state index < -0.39 is 6.16 Å². The third kappa shape index (κ3) is 2.58. The van der Waals surface area contributed by atoms with Crippen molar-refractivity contribution in [2.75, 3.05) is 12.3 Å². The summed E-state index contributed by atoms with van der Waals surface area (Å²) in [6.45, 7) is 3.60. The van der Waals surface area contributed by atoms with Crippen LogP contribution in [0.25, 0.3) is 0 Å². The Morgan fingerprint density at radius 2 is 2.36 bits per heavy atom. The number of carbonyl (C=O) groups is 1. The van der Waals surface area contributed by atoms with E-state index in [0.29, 0.717) is 5.82 Å². The van der Waals surface area contributed by atoms with Crippen molar-refractivity contribution in [2.45, 2.75) is 13.8 Å². The molecule has 0 aliphatic rings. The third-order valence-electron chi connectivity index (χ3n) is 1.36. The van der Waals surface area contributed by atoms with Crippen LogP contribution in [0.5, 0.6) is 5.75 Å². The molecule has 1 rings (SSSR count). The van der Waals surface area contributed by atoms with E-state index >= 15 is 0 Å². The van der Waals surface area contributed by atoms with Crippen LogP contribution in [0.1, 0.15) is 12.7 Å². The van der Waals surface area contributed by atoms with Crippen LogP contribution < -0.4 is 10.5 Å². The van der Waals surface area contributed by atoms with Gasteiger partial charge in [-0.25, -0.2) is 14.8 Å². The van der Waals surface area contributed by atoms with Gasteiger partial charge in [0, 0.05) is 0 Å². The van der Waals surface area contributed by atoms with Gasteiger partial charge >= 0.3 is 6.16 Å². The van der Waals surface area contributed by atoms with Crippen LogP contribution in [-0.2, 0) is 4.74 Å². The maximum atomic E-state index is 10.9. The fourth-order valence-electron chi connectivity index (χ4n) is 0.792. The predicted octanol–water partition coefficient (Wildman–Crippen LogP) is 0.903. The number of rotatable bonds is 2. The number of hydrogen-bond donors (Lipinski definition) is 1. The number of nitrogen functional groups attached to an aromatic ring is 1. The quantitative estimate of drug-likeness (QED) is 0.709. The molecule has 0 atom stereocenters.